The van der Waals surface area contributed by atoms with Gasteiger partial charge in [0.25, 0.3) is 11.8 Å². The Labute approximate surface area is 128 Å². The van der Waals surface area contributed by atoms with E-state index in [2.05, 4.69) is 10.6 Å². The molecule has 0 aromatic heterocycles. The Morgan fingerprint density at radius 2 is 2.18 bits per heavy atom. The minimum atomic E-state index is -3.04. The van der Waals surface area contributed by atoms with Crippen molar-refractivity contribution < 1.29 is 22.7 Å². The molecule has 2 heterocycles. The molecule has 2 amide bonds. The van der Waals surface area contributed by atoms with E-state index < -0.39 is 15.9 Å². The Morgan fingerprint density at radius 3 is 2.86 bits per heavy atom. The van der Waals surface area contributed by atoms with Crippen LogP contribution in [-0.4, -0.2) is 43.9 Å². The SMILES string of the molecule is CC1Oc2cc(C(=O)NC3CCS(=O)(=O)C3)ccc2NC1=O. The number of anilines is 1. The molecule has 2 N–H and O–H groups in total. The summed E-state index contributed by atoms with van der Waals surface area (Å²) in [5, 5.41) is 5.40. The Kier molecular flexibility index (Phi) is 3.56. The maximum Gasteiger partial charge on any atom is 0.265 e. The number of nitrogens with one attached hydrogen (secondary N) is 2. The number of benzene rings is 1. The second kappa shape index (κ2) is 5.28. The molecule has 1 fully saturated rings. The van der Waals surface area contributed by atoms with Crippen LogP contribution in [0, 0.1) is 0 Å². The maximum atomic E-state index is 12.2. The van der Waals surface area contributed by atoms with Crippen molar-refractivity contribution in [3.8, 4) is 5.75 Å². The van der Waals surface area contributed by atoms with Gasteiger partial charge in [0.15, 0.2) is 15.9 Å². The molecule has 1 aromatic rings. The number of amides is 2. The summed E-state index contributed by atoms with van der Waals surface area (Å²) in [4.78, 5) is 23.7. The van der Waals surface area contributed by atoms with Crippen LogP contribution >= 0.6 is 0 Å². The number of carbonyl (C=O) groups is 2. The zero-order valence-electron chi connectivity index (χ0n) is 12.0. The van der Waals surface area contributed by atoms with Crippen molar-refractivity contribution >= 4 is 27.3 Å². The van der Waals surface area contributed by atoms with Gasteiger partial charge in [-0.15, -0.1) is 0 Å². The minimum Gasteiger partial charge on any atom is -0.479 e. The molecule has 22 heavy (non-hydrogen) atoms. The highest BCUT2D eigenvalue weighted by Gasteiger charge is 2.30. The third-order valence-electron chi connectivity index (χ3n) is 3.74. The van der Waals surface area contributed by atoms with Gasteiger partial charge < -0.3 is 15.4 Å². The molecule has 0 aliphatic carbocycles. The summed E-state index contributed by atoms with van der Waals surface area (Å²) in [6.07, 6.45) is -0.187. The Hall–Kier alpha value is -2.09. The Morgan fingerprint density at radius 1 is 1.41 bits per heavy atom. The van der Waals surface area contributed by atoms with E-state index in [4.69, 9.17) is 4.74 Å². The molecule has 0 spiro atoms. The molecule has 8 heteroatoms. The van der Waals surface area contributed by atoms with Gasteiger partial charge in [-0.05, 0) is 31.5 Å². The molecule has 1 aromatic carbocycles. The molecule has 3 rings (SSSR count). The number of sulfone groups is 1. The number of hydrogen-bond acceptors (Lipinski definition) is 5. The summed E-state index contributed by atoms with van der Waals surface area (Å²) in [5.41, 5.74) is 0.884. The average molecular weight is 324 g/mol. The third kappa shape index (κ3) is 2.92. The van der Waals surface area contributed by atoms with E-state index in [0.29, 0.717) is 23.4 Å². The van der Waals surface area contributed by atoms with E-state index >= 15 is 0 Å². The van der Waals surface area contributed by atoms with Crippen molar-refractivity contribution in [2.24, 2.45) is 0 Å². The highest BCUT2D eigenvalue weighted by Crippen LogP contribution is 2.30. The molecule has 118 valence electrons. The van der Waals surface area contributed by atoms with Crippen molar-refractivity contribution in [3.63, 3.8) is 0 Å². The standard InChI is InChI=1S/C14H16N2O5S/c1-8-13(17)16-11-3-2-9(6-12(11)21-8)14(18)15-10-4-5-22(19,20)7-10/h2-3,6,8,10H,4-5,7H2,1H3,(H,15,18)(H,16,17). The lowest BCUT2D eigenvalue weighted by atomic mass is 10.1. The van der Waals surface area contributed by atoms with Gasteiger partial charge in [-0.1, -0.05) is 0 Å². The predicted octanol–water partition coefficient (Wildman–Crippen LogP) is 0.323. The van der Waals surface area contributed by atoms with E-state index in [0.717, 1.165) is 0 Å². The molecular formula is C14H16N2O5S. The highest BCUT2D eigenvalue weighted by atomic mass is 32.2. The van der Waals surface area contributed by atoms with Crippen LogP contribution in [0.25, 0.3) is 0 Å². The van der Waals surface area contributed by atoms with Crippen LogP contribution in [0.5, 0.6) is 5.75 Å². The molecule has 0 bridgehead atoms. The first-order valence-electron chi connectivity index (χ1n) is 6.97. The summed E-state index contributed by atoms with van der Waals surface area (Å²) >= 11 is 0. The first-order chi connectivity index (χ1) is 10.3. The van der Waals surface area contributed by atoms with Crippen molar-refractivity contribution in [1.29, 1.82) is 0 Å². The van der Waals surface area contributed by atoms with Crippen LogP contribution < -0.4 is 15.4 Å². The quantitative estimate of drug-likeness (QED) is 0.816. The molecular weight excluding hydrogens is 308 g/mol. The fourth-order valence-corrected chi connectivity index (χ4v) is 4.19. The van der Waals surface area contributed by atoms with Crippen LogP contribution in [0.4, 0.5) is 5.69 Å². The fraction of sp³-hybridized carbons (Fsp3) is 0.429. The fourth-order valence-electron chi connectivity index (χ4n) is 2.52. The summed E-state index contributed by atoms with van der Waals surface area (Å²) in [5.74, 6) is -0.0695. The van der Waals surface area contributed by atoms with Crippen molar-refractivity contribution in [1.82, 2.24) is 5.32 Å². The number of rotatable bonds is 2. The molecule has 2 aliphatic rings. The summed E-state index contributed by atoms with van der Waals surface area (Å²) in [6, 6.07) is 4.36. The summed E-state index contributed by atoms with van der Waals surface area (Å²) in [6.45, 7) is 1.62. The number of carbonyl (C=O) groups excluding carboxylic acids is 2. The van der Waals surface area contributed by atoms with Gasteiger partial charge in [0.05, 0.1) is 17.2 Å². The smallest absolute Gasteiger partial charge is 0.265 e. The second-order valence-electron chi connectivity index (χ2n) is 5.53. The lowest BCUT2D eigenvalue weighted by molar-refractivity contribution is -0.122. The zero-order chi connectivity index (χ0) is 15.9. The first kappa shape index (κ1) is 14.8. The summed E-state index contributed by atoms with van der Waals surface area (Å²) < 4.78 is 28.3. The molecule has 2 atom stereocenters. The lowest BCUT2D eigenvalue weighted by Gasteiger charge is -2.23. The van der Waals surface area contributed by atoms with Crippen molar-refractivity contribution in [2.45, 2.75) is 25.5 Å². The Bertz CT molecular complexity index is 744. The minimum absolute atomic E-state index is 0.0206. The Balaban J connectivity index is 1.74. The van der Waals surface area contributed by atoms with Crippen LogP contribution in [0.1, 0.15) is 23.7 Å². The molecule has 0 radical (unpaired) electrons. The van der Waals surface area contributed by atoms with Crippen LogP contribution in [0.3, 0.4) is 0 Å². The van der Waals surface area contributed by atoms with E-state index in [1.807, 2.05) is 0 Å². The lowest BCUT2D eigenvalue weighted by Crippen LogP contribution is -2.36. The normalized spacial score (nSPS) is 25.8. The van der Waals surface area contributed by atoms with Gasteiger partial charge in [-0.2, -0.15) is 0 Å². The number of fused-ring (bicyclic) bond motifs is 1. The predicted molar refractivity (Wildman–Crippen MR) is 79.7 cm³/mol. The molecule has 0 saturated carbocycles. The molecule has 1 saturated heterocycles. The maximum absolute atomic E-state index is 12.2. The van der Waals surface area contributed by atoms with Crippen LogP contribution in [-0.2, 0) is 14.6 Å². The second-order valence-corrected chi connectivity index (χ2v) is 7.76. The molecule has 7 nitrogen and oxygen atoms in total. The zero-order valence-corrected chi connectivity index (χ0v) is 12.8. The van der Waals surface area contributed by atoms with Crippen molar-refractivity contribution in [2.75, 3.05) is 16.8 Å². The highest BCUT2D eigenvalue weighted by molar-refractivity contribution is 7.91. The van der Waals surface area contributed by atoms with Gasteiger partial charge in [0.2, 0.25) is 0 Å². The third-order valence-corrected chi connectivity index (χ3v) is 5.51. The number of hydrogen-bond donors (Lipinski definition) is 2. The van der Waals surface area contributed by atoms with Gasteiger partial charge >= 0.3 is 0 Å². The van der Waals surface area contributed by atoms with Gasteiger partial charge in [0, 0.05) is 11.6 Å². The summed E-state index contributed by atoms with van der Waals surface area (Å²) in [7, 11) is -3.04. The largest absolute Gasteiger partial charge is 0.479 e. The van der Waals surface area contributed by atoms with E-state index in [9.17, 15) is 18.0 Å². The van der Waals surface area contributed by atoms with Gasteiger partial charge in [-0.25, -0.2) is 8.42 Å². The van der Waals surface area contributed by atoms with E-state index in [-0.39, 0.29) is 29.4 Å². The van der Waals surface area contributed by atoms with E-state index in [1.54, 1.807) is 25.1 Å². The van der Waals surface area contributed by atoms with Crippen LogP contribution in [0.15, 0.2) is 18.2 Å². The molecule has 2 aliphatic heterocycles. The topological polar surface area (TPSA) is 102 Å². The van der Waals surface area contributed by atoms with Gasteiger partial charge in [-0.3, -0.25) is 9.59 Å². The first-order valence-corrected chi connectivity index (χ1v) is 8.79. The van der Waals surface area contributed by atoms with Gasteiger partial charge in [0.1, 0.15) is 5.75 Å². The monoisotopic (exact) mass is 324 g/mol. The van der Waals surface area contributed by atoms with Crippen molar-refractivity contribution in [3.05, 3.63) is 23.8 Å². The average Bonchev–Trinajstić information content (AvgIpc) is 2.78. The molecule has 2 unspecified atom stereocenters. The van der Waals surface area contributed by atoms with E-state index in [1.165, 1.54) is 0 Å². The van der Waals surface area contributed by atoms with Crippen LogP contribution in [0.2, 0.25) is 0 Å². The number of ether oxygens (including phenoxy) is 1.